The number of nitrogens with one attached hydrogen (secondary N) is 3. The van der Waals surface area contributed by atoms with Crippen molar-refractivity contribution >= 4 is 45.7 Å². The Kier molecular flexibility index (Phi) is 7.83. The van der Waals surface area contributed by atoms with E-state index in [1.807, 2.05) is 18.4 Å². The Morgan fingerprint density at radius 3 is 2.75 bits per heavy atom. The molecule has 4 heterocycles. The van der Waals surface area contributed by atoms with Gasteiger partial charge in [0.1, 0.15) is 17.5 Å². The van der Waals surface area contributed by atoms with Gasteiger partial charge in [0.25, 0.3) is 11.8 Å². The lowest BCUT2D eigenvalue weighted by atomic mass is 9.93. The highest BCUT2D eigenvalue weighted by molar-refractivity contribution is 7.13. The van der Waals surface area contributed by atoms with Crippen molar-refractivity contribution in [1.29, 1.82) is 5.26 Å². The van der Waals surface area contributed by atoms with Crippen LogP contribution in [0, 0.1) is 11.3 Å². The number of anilines is 1. The van der Waals surface area contributed by atoms with E-state index in [9.17, 15) is 19.6 Å². The van der Waals surface area contributed by atoms with Crippen molar-refractivity contribution in [2.24, 2.45) is 0 Å². The smallest absolute Gasteiger partial charge is 0.357 e. The summed E-state index contributed by atoms with van der Waals surface area (Å²) in [6.45, 7) is 2.81. The number of benzene rings is 2. The molecule has 5 aromatic rings. The molecular formula is C33H27N5O5S. The van der Waals surface area contributed by atoms with Crippen LogP contribution in [-0.4, -0.2) is 48.0 Å². The minimum absolute atomic E-state index is 0.0429. The second-order valence-corrected chi connectivity index (χ2v) is 11.0. The van der Waals surface area contributed by atoms with Gasteiger partial charge in [0.15, 0.2) is 5.69 Å². The van der Waals surface area contributed by atoms with Crippen molar-refractivity contribution in [2.45, 2.75) is 19.8 Å². The zero-order valence-corrected chi connectivity index (χ0v) is 24.8. The van der Waals surface area contributed by atoms with Crippen LogP contribution >= 0.6 is 11.3 Å². The lowest BCUT2D eigenvalue weighted by molar-refractivity contribution is 0.0594. The van der Waals surface area contributed by atoms with Crippen LogP contribution in [0.1, 0.15) is 55.8 Å². The van der Waals surface area contributed by atoms with Crippen molar-refractivity contribution in [3.8, 4) is 33.4 Å². The number of carbonyl (C=O) groups excluding carboxylic acids is 3. The van der Waals surface area contributed by atoms with Gasteiger partial charge < -0.3 is 25.1 Å². The van der Waals surface area contributed by atoms with Crippen LogP contribution in [0.3, 0.4) is 0 Å². The molecule has 1 aliphatic rings. The highest BCUT2D eigenvalue weighted by atomic mass is 32.1. The Balaban J connectivity index is 1.53. The number of rotatable bonds is 7. The summed E-state index contributed by atoms with van der Waals surface area (Å²) in [5.74, 6) is -1.15. The minimum Gasteiger partial charge on any atom is -0.493 e. The fourth-order valence-electron chi connectivity index (χ4n) is 5.26. The molecule has 0 saturated carbocycles. The largest absolute Gasteiger partial charge is 0.493 e. The summed E-state index contributed by atoms with van der Waals surface area (Å²) < 4.78 is 11.2. The van der Waals surface area contributed by atoms with Gasteiger partial charge >= 0.3 is 5.97 Å². The van der Waals surface area contributed by atoms with Gasteiger partial charge in [-0.25, -0.2) is 9.78 Å². The van der Waals surface area contributed by atoms with E-state index in [0.717, 1.165) is 27.9 Å². The monoisotopic (exact) mass is 605 g/mol. The maximum Gasteiger partial charge on any atom is 0.357 e. The third-order valence-electron chi connectivity index (χ3n) is 7.41. The number of carbonyl (C=O) groups is 3. The molecule has 3 N–H and O–H groups in total. The van der Waals surface area contributed by atoms with Crippen LogP contribution in [-0.2, 0) is 11.2 Å². The van der Waals surface area contributed by atoms with Crippen LogP contribution in [0.15, 0.2) is 60.1 Å². The molecule has 11 heteroatoms. The number of aromatic amines is 1. The average Bonchev–Trinajstić information content (AvgIpc) is 3.69. The third-order valence-corrected chi connectivity index (χ3v) is 8.40. The summed E-state index contributed by atoms with van der Waals surface area (Å²) in [6.07, 6.45) is 3.16. The first-order chi connectivity index (χ1) is 21.4. The third kappa shape index (κ3) is 5.16. The first-order valence-electron chi connectivity index (χ1n) is 14.0. The normalized spacial score (nSPS) is 11.8. The molecule has 0 spiro atoms. The number of ether oxygens (including phenoxy) is 2. The van der Waals surface area contributed by atoms with E-state index in [2.05, 4.69) is 26.7 Å². The van der Waals surface area contributed by atoms with E-state index in [1.54, 1.807) is 53.9 Å². The number of thiophene rings is 1. The molecule has 220 valence electrons. The van der Waals surface area contributed by atoms with E-state index in [0.29, 0.717) is 47.5 Å². The van der Waals surface area contributed by atoms with Gasteiger partial charge in [0.05, 0.1) is 25.0 Å². The molecule has 0 atom stereocenters. The van der Waals surface area contributed by atoms with Crippen LogP contribution in [0.5, 0.6) is 5.75 Å². The van der Waals surface area contributed by atoms with Crippen molar-refractivity contribution in [3.05, 3.63) is 88.2 Å². The maximum absolute atomic E-state index is 14.2. The molecule has 0 unspecified atom stereocenters. The fraction of sp³-hybridized carbons (Fsp3) is 0.182. The summed E-state index contributed by atoms with van der Waals surface area (Å²) in [6, 6.07) is 16.0. The van der Waals surface area contributed by atoms with Crippen LogP contribution < -0.4 is 15.4 Å². The summed E-state index contributed by atoms with van der Waals surface area (Å²) in [5.41, 5.74) is 4.07. The molecule has 0 aliphatic carbocycles. The topological polar surface area (TPSA) is 146 Å². The predicted octanol–water partition coefficient (Wildman–Crippen LogP) is 5.94. The molecule has 1 aliphatic heterocycles. The van der Waals surface area contributed by atoms with Gasteiger partial charge in [-0.1, -0.05) is 6.92 Å². The van der Waals surface area contributed by atoms with E-state index < -0.39 is 17.8 Å². The lowest BCUT2D eigenvalue weighted by Crippen LogP contribution is -2.26. The quantitative estimate of drug-likeness (QED) is 0.195. The SMILES string of the molecule is CCCNC(=O)c1ccc(-c2cc3c(cc2C(=O)Nc2ccc4[nH]ccc4c2C#N)-c2sccc2CCO3)c(C(=O)OC)n1. The minimum atomic E-state index is -0.766. The Hall–Kier alpha value is -5.47. The fourth-order valence-corrected chi connectivity index (χ4v) is 6.24. The number of hydrogen-bond donors (Lipinski definition) is 3. The van der Waals surface area contributed by atoms with E-state index >= 15 is 0 Å². The zero-order chi connectivity index (χ0) is 30.8. The molecule has 0 radical (unpaired) electrons. The molecule has 3 aromatic heterocycles. The Bertz CT molecular complexity index is 1990. The van der Waals surface area contributed by atoms with Gasteiger partial charge in [-0.05, 0) is 65.9 Å². The predicted molar refractivity (Wildman–Crippen MR) is 167 cm³/mol. The summed E-state index contributed by atoms with van der Waals surface area (Å²) in [5, 5.41) is 18.3. The average molecular weight is 606 g/mol. The number of hydrogen-bond acceptors (Lipinski definition) is 8. The highest BCUT2D eigenvalue weighted by Crippen LogP contribution is 2.43. The molecule has 2 aromatic carbocycles. The van der Waals surface area contributed by atoms with Gasteiger partial charge in [-0.2, -0.15) is 5.26 Å². The number of methoxy groups -OCH3 is 1. The Labute approximate surface area is 256 Å². The lowest BCUT2D eigenvalue weighted by Gasteiger charge is -2.18. The molecule has 0 bridgehead atoms. The van der Waals surface area contributed by atoms with Crippen molar-refractivity contribution in [1.82, 2.24) is 15.3 Å². The standard InChI is InChI=1S/C33H27N5O5S/c1-3-11-36-32(40)27-5-4-20(29(37-27)33(41)42-2)21-16-28-23(30-18(9-13-43-28)10-14-44-30)15-22(21)31(39)38-26-7-6-25-19(8-12-35-25)24(26)17-34/h4-8,10,12,14-16,35H,3,9,11,13H2,1-2H3,(H,36,40)(H,38,39). The molecular weight excluding hydrogens is 578 g/mol. The number of nitrogens with zero attached hydrogens (tertiary/aromatic N) is 2. The number of nitriles is 1. The van der Waals surface area contributed by atoms with Crippen molar-refractivity contribution in [3.63, 3.8) is 0 Å². The number of aromatic nitrogens is 2. The molecule has 10 nitrogen and oxygen atoms in total. The van der Waals surface area contributed by atoms with Crippen molar-refractivity contribution in [2.75, 3.05) is 25.6 Å². The van der Waals surface area contributed by atoms with E-state index in [4.69, 9.17) is 9.47 Å². The number of H-pyrrole nitrogens is 1. The Morgan fingerprint density at radius 1 is 1.09 bits per heavy atom. The maximum atomic E-state index is 14.2. The molecule has 0 fully saturated rings. The number of fused-ring (bicyclic) bond motifs is 4. The first-order valence-corrected chi connectivity index (χ1v) is 14.9. The van der Waals surface area contributed by atoms with Crippen molar-refractivity contribution < 1.29 is 23.9 Å². The van der Waals surface area contributed by atoms with Crippen LogP contribution in [0.25, 0.3) is 32.5 Å². The Morgan fingerprint density at radius 2 is 1.95 bits per heavy atom. The van der Waals surface area contributed by atoms with E-state index in [-0.39, 0.29) is 22.5 Å². The second-order valence-electron chi connectivity index (χ2n) is 10.1. The molecule has 0 saturated heterocycles. The number of amides is 2. The summed E-state index contributed by atoms with van der Waals surface area (Å²) in [7, 11) is 1.23. The van der Waals surface area contributed by atoms with E-state index in [1.165, 1.54) is 13.2 Å². The van der Waals surface area contributed by atoms with Crippen LogP contribution in [0.2, 0.25) is 0 Å². The van der Waals surface area contributed by atoms with Gasteiger partial charge in [0.2, 0.25) is 0 Å². The molecule has 6 rings (SSSR count). The zero-order valence-electron chi connectivity index (χ0n) is 23.9. The number of pyridine rings is 1. The summed E-state index contributed by atoms with van der Waals surface area (Å²) in [4.78, 5) is 48.3. The summed E-state index contributed by atoms with van der Waals surface area (Å²) >= 11 is 1.55. The van der Waals surface area contributed by atoms with Gasteiger partial charge in [-0.3, -0.25) is 9.59 Å². The molecule has 44 heavy (non-hydrogen) atoms. The highest BCUT2D eigenvalue weighted by Gasteiger charge is 2.27. The van der Waals surface area contributed by atoms with Gasteiger partial charge in [0, 0.05) is 57.2 Å². The molecule has 2 amide bonds. The van der Waals surface area contributed by atoms with Crippen LogP contribution in [0.4, 0.5) is 5.69 Å². The first kappa shape index (κ1) is 28.6. The number of esters is 1. The second kappa shape index (κ2) is 12.0. The van der Waals surface area contributed by atoms with Gasteiger partial charge in [-0.15, -0.1) is 11.3 Å².